The van der Waals surface area contributed by atoms with Crippen LogP contribution in [0.15, 0.2) is 47.5 Å². The van der Waals surface area contributed by atoms with E-state index in [-0.39, 0.29) is 35.9 Å². The van der Waals surface area contributed by atoms with E-state index < -0.39 is 0 Å². The molecule has 152 valence electrons. The van der Waals surface area contributed by atoms with E-state index in [1.54, 1.807) is 7.05 Å². The minimum atomic E-state index is -0.110. The average molecular weight is 497 g/mol. The molecule has 0 atom stereocenters. The third-order valence-corrected chi connectivity index (χ3v) is 4.93. The SMILES string of the molecule is CN=C(NCCOc1cccc2ccccc12)N1CCC(C(=O)OC)CC1.I. The molecule has 0 bridgehead atoms. The fraction of sp³-hybridized carbons (Fsp3) is 0.429. The van der Waals surface area contributed by atoms with E-state index in [0.29, 0.717) is 13.2 Å². The van der Waals surface area contributed by atoms with Gasteiger partial charge in [0.05, 0.1) is 19.6 Å². The third kappa shape index (κ3) is 5.50. The predicted molar refractivity (Wildman–Crippen MR) is 123 cm³/mol. The van der Waals surface area contributed by atoms with Gasteiger partial charge in [0.2, 0.25) is 0 Å². The zero-order chi connectivity index (χ0) is 19.1. The van der Waals surface area contributed by atoms with Crippen molar-refractivity contribution in [2.45, 2.75) is 12.8 Å². The van der Waals surface area contributed by atoms with Gasteiger partial charge < -0.3 is 19.7 Å². The monoisotopic (exact) mass is 497 g/mol. The summed E-state index contributed by atoms with van der Waals surface area (Å²) < 4.78 is 10.8. The molecular weight excluding hydrogens is 469 g/mol. The highest BCUT2D eigenvalue weighted by molar-refractivity contribution is 14.0. The molecule has 0 spiro atoms. The van der Waals surface area contributed by atoms with E-state index in [4.69, 9.17) is 9.47 Å². The lowest BCUT2D eigenvalue weighted by atomic mass is 9.97. The Bertz CT molecular complexity index is 799. The molecule has 2 aromatic rings. The number of guanidine groups is 1. The molecule has 0 aromatic heterocycles. The first-order valence-electron chi connectivity index (χ1n) is 9.37. The quantitative estimate of drug-likeness (QED) is 0.226. The van der Waals surface area contributed by atoms with Gasteiger partial charge in [-0.3, -0.25) is 9.79 Å². The number of rotatable bonds is 5. The number of aliphatic imine (C=N–C) groups is 1. The van der Waals surface area contributed by atoms with Gasteiger partial charge in [0.25, 0.3) is 0 Å². The second-order valence-electron chi connectivity index (χ2n) is 6.58. The van der Waals surface area contributed by atoms with Gasteiger partial charge in [-0.2, -0.15) is 0 Å². The summed E-state index contributed by atoms with van der Waals surface area (Å²) in [7, 11) is 3.23. The number of nitrogens with one attached hydrogen (secondary N) is 1. The maximum atomic E-state index is 11.6. The lowest BCUT2D eigenvalue weighted by Crippen LogP contribution is -2.47. The first-order valence-corrected chi connectivity index (χ1v) is 9.37. The standard InChI is InChI=1S/C21H27N3O3.HI/c1-22-21(24-13-10-17(11-14-24)20(25)26-2)23-12-15-27-19-9-5-7-16-6-3-4-8-18(16)19;/h3-9,17H,10-15H2,1-2H3,(H,22,23);1H. The molecule has 1 fully saturated rings. The molecule has 0 saturated carbocycles. The molecule has 0 radical (unpaired) electrons. The van der Waals surface area contributed by atoms with Crippen LogP contribution in [0.1, 0.15) is 12.8 Å². The molecule has 1 heterocycles. The number of carbonyl (C=O) groups excluding carboxylic acids is 1. The lowest BCUT2D eigenvalue weighted by molar-refractivity contribution is -0.146. The van der Waals surface area contributed by atoms with E-state index in [1.165, 1.54) is 12.5 Å². The molecular formula is C21H28IN3O3. The molecule has 1 N–H and O–H groups in total. The Labute approximate surface area is 183 Å². The summed E-state index contributed by atoms with van der Waals surface area (Å²) in [5.74, 6) is 1.63. The summed E-state index contributed by atoms with van der Waals surface area (Å²) in [6.45, 7) is 2.80. The van der Waals surface area contributed by atoms with Crippen LogP contribution in [0.3, 0.4) is 0 Å². The van der Waals surface area contributed by atoms with Crippen LogP contribution < -0.4 is 10.1 Å². The van der Waals surface area contributed by atoms with Gasteiger partial charge >= 0.3 is 5.97 Å². The number of methoxy groups -OCH3 is 1. The number of nitrogens with zero attached hydrogens (tertiary/aromatic N) is 2. The van der Waals surface area contributed by atoms with Crippen molar-refractivity contribution in [3.63, 3.8) is 0 Å². The van der Waals surface area contributed by atoms with Crippen molar-refractivity contribution in [1.29, 1.82) is 0 Å². The topological polar surface area (TPSA) is 63.2 Å². The number of hydrogen-bond acceptors (Lipinski definition) is 4. The van der Waals surface area contributed by atoms with Crippen LogP contribution in [0, 0.1) is 5.92 Å². The smallest absolute Gasteiger partial charge is 0.308 e. The summed E-state index contributed by atoms with van der Waals surface area (Å²) in [5, 5.41) is 5.64. The second-order valence-corrected chi connectivity index (χ2v) is 6.58. The summed E-state index contributed by atoms with van der Waals surface area (Å²) >= 11 is 0. The maximum absolute atomic E-state index is 11.6. The number of esters is 1. The largest absolute Gasteiger partial charge is 0.491 e. The lowest BCUT2D eigenvalue weighted by Gasteiger charge is -2.33. The van der Waals surface area contributed by atoms with Gasteiger partial charge in [-0.05, 0) is 24.3 Å². The van der Waals surface area contributed by atoms with Crippen LogP contribution in [0.4, 0.5) is 0 Å². The highest BCUT2D eigenvalue weighted by Gasteiger charge is 2.26. The van der Waals surface area contributed by atoms with E-state index >= 15 is 0 Å². The van der Waals surface area contributed by atoms with Gasteiger partial charge in [0, 0.05) is 25.5 Å². The average Bonchev–Trinajstić information content (AvgIpc) is 2.73. The van der Waals surface area contributed by atoms with Gasteiger partial charge in [-0.15, -0.1) is 24.0 Å². The number of fused-ring (bicyclic) bond motifs is 1. The number of likely N-dealkylation sites (tertiary alicyclic amines) is 1. The molecule has 3 rings (SSSR count). The molecule has 2 aromatic carbocycles. The molecule has 1 aliphatic rings. The molecule has 7 heteroatoms. The van der Waals surface area contributed by atoms with E-state index in [2.05, 4.69) is 33.4 Å². The highest BCUT2D eigenvalue weighted by Crippen LogP contribution is 2.25. The van der Waals surface area contributed by atoms with Crippen molar-refractivity contribution >= 4 is 46.7 Å². The summed E-state index contributed by atoms with van der Waals surface area (Å²) in [6, 6.07) is 14.3. The van der Waals surface area contributed by atoms with Gasteiger partial charge in [-0.25, -0.2) is 0 Å². The minimum Gasteiger partial charge on any atom is -0.491 e. The van der Waals surface area contributed by atoms with Gasteiger partial charge in [0.15, 0.2) is 5.96 Å². The van der Waals surface area contributed by atoms with Crippen molar-refractivity contribution in [2.75, 3.05) is 40.4 Å². The van der Waals surface area contributed by atoms with Crippen LogP contribution >= 0.6 is 24.0 Å². The van der Waals surface area contributed by atoms with Crippen molar-refractivity contribution < 1.29 is 14.3 Å². The van der Waals surface area contributed by atoms with E-state index in [9.17, 15) is 4.79 Å². The summed E-state index contributed by atoms with van der Waals surface area (Å²) in [5.41, 5.74) is 0. The molecule has 0 amide bonds. The van der Waals surface area contributed by atoms with Gasteiger partial charge in [0.1, 0.15) is 12.4 Å². The van der Waals surface area contributed by atoms with Crippen LogP contribution in [0.5, 0.6) is 5.75 Å². The molecule has 0 unspecified atom stereocenters. The van der Waals surface area contributed by atoms with E-state index in [1.807, 2.05) is 24.3 Å². The zero-order valence-electron chi connectivity index (χ0n) is 16.4. The summed E-state index contributed by atoms with van der Waals surface area (Å²) in [4.78, 5) is 18.2. The third-order valence-electron chi connectivity index (χ3n) is 4.93. The van der Waals surface area contributed by atoms with Crippen LogP contribution in [0.2, 0.25) is 0 Å². The molecule has 6 nitrogen and oxygen atoms in total. The number of benzene rings is 2. The number of ether oxygens (including phenoxy) is 2. The van der Waals surface area contributed by atoms with Crippen molar-refractivity contribution in [3.05, 3.63) is 42.5 Å². The molecule has 28 heavy (non-hydrogen) atoms. The fourth-order valence-corrected chi connectivity index (χ4v) is 3.47. The molecule has 0 aliphatic carbocycles. The number of halogens is 1. The van der Waals surface area contributed by atoms with Crippen LogP contribution in [-0.2, 0) is 9.53 Å². The van der Waals surface area contributed by atoms with Crippen molar-refractivity contribution in [3.8, 4) is 5.75 Å². The number of piperidine rings is 1. The number of hydrogen-bond donors (Lipinski definition) is 1. The fourth-order valence-electron chi connectivity index (χ4n) is 3.47. The highest BCUT2D eigenvalue weighted by atomic mass is 127. The van der Waals surface area contributed by atoms with Crippen LogP contribution in [0.25, 0.3) is 10.8 Å². The Balaban J connectivity index is 0.00000280. The number of carbonyl (C=O) groups is 1. The van der Waals surface area contributed by atoms with E-state index in [0.717, 1.165) is 43.0 Å². The maximum Gasteiger partial charge on any atom is 0.308 e. The first-order chi connectivity index (χ1) is 13.2. The first kappa shape index (κ1) is 22.3. The molecule has 1 saturated heterocycles. The Kier molecular flexibility index (Phi) is 8.82. The normalized spacial score (nSPS) is 15.1. The summed E-state index contributed by atoms with van der Waals surface area (Å²) in [6.07, 6.45) is 1.58. The van der Waals surface area contributed by atoms with Crippen LogP contribution in [-0.4, -0.2) is 57.2 Å². The Hall–Kier alpha value is -2.03. The van der Waals surface area contributed by atoms with Gasteiger partial charge in [-0.1, -0.05) is 36.4 Å². The minimum absolute atomic E-state index is 0. The van der Waals surface area contributed by atoms with Crippen molar-refractivity contribution in [2.24, 2.45) is 10.9 Å². The predicted octanol–water partition coefficient (Wildman–Crippen LogP) is 3.30. The van der Waals surface area contributed by atoms with Crippen molar-refractivity contribution in [1.82, 2.24) is 10.2 Å². The zero-order valence-corrected chi connectivity index (χ0v) is 18.7. The Morgan fingerprint density at radius 3 is 2.61 bits per heavy atom. The Morgan fingerprint density at radius 2 is 1.89 bits per heavy atom. The molecule has 1 aliphatic heterocycles. The second kappa shape index (κ2) is 11.1. The Morgan fingerprint density at radius 1 is 1.18 bits per heavy atom.